The maximum Gasteiger partial charge on any atom is 0.251 e. The molecule has 20 heavy (non-hydrogen) atoms. The molecule has 8 heteroatoms. The van der Waals surface area contributed by atoms with E-state index >= 15 is 0 Å². The number of halogens is 1. The molecule has 1 unspecified atom stereocenters. The van der Waals surface area contributed by atoms with Crippen molar-refractivity contribution in [2.75, 3.05) is 13.2 Å². The van der Waals surface area contributed by atoms with Gasteiger partial charge in [-0.05, 0) is 31.0 Å². The standard InChI is InChI=1S/C12H15FN2O4S/c1-7-4-8(5-10(11(7)13)20(14,17)18)12(16)15-9-2-3-19-6-9/h4-5,9H,2-3,6H2,1H3,(H,15,16)(H2,14,17,18). The second-order valence-corrected chi connectivity index (χ2v) is 6.21. The van der Waals surface area contributed by atoms with Gasteiger partial charge in [-0.1, -0.05) is 0 Å². The molecule has 1 aromatic rings. The summed E-state index contributed by atoms with van der Waals surface area (Å²) in [5, 5.41) is 7.64. The third-order valence-electron chi connectivity index (χ3n) is 3.05. The topological polar surface area (TPSA) is 98.5 Å². The Kier molecular flexibility index (Phi) is 4.07. The molecule has 2 rings (SSSR count). The highest BCUT2D eigenvalue weighted by Crippen LogP contribution is 2.19. The number of hydrogen-bond acceptors (Lipinski definition) is 4. The predicted molar refractivity (Wildman–Crippen MR) is 69.2 cm³/mol. The molecule has 0 saturated carbocycles. The molecule has 1 amide bonds. The minimum absolute atomic E-state index is 0.0457. The molecule has 1 heterocycles. The fourth-order valence-corrected chi connectivity index (χ4v) is 2.69. The van der Waals surface area contributed by atoms with Crippen LogP contribution in [0, 0.1) is 12.7 Å². The van der Waals surface area contributed by atoms with Gasteiger partial charge in [0.1, 0.15) is 10.7 Å². The highest BCUT2D eigenvalue weighted by molar-refractivity contribution is 7.89. The van der Waals surface area contributed by atoms with Gasteiger partial charge in [0.05, 0.1) is 12.6 Å². The summed E-state index contributed by atoms with van der Waals surface area (Å²) < 4.78 is 41.5. The van der Waals surface area contributed by atoms with Gasteiger partial charge < -0.3 is 10.1 Å². The molecule has 1 aromatic carbocycles. The van der Waals surface area contributed by atoms with Crippen LogP contribution in [0.3, 0.4) is 0 Å². The van der Waals surface area contributed by atoms with E-state index in [9.17, 15) is 17.6 Å². The van der Waals surface area contributed by atoms with Gasteiger partial charge in [0.25, 0.3) is 5.91 Å². The molecular formula is C12H15FN2O4S. The van der Waals surface area contributed by atoms with Crippen molar-refractivity contribution in [3.63, 3.8) is 0 Å². The SMILES string of the molecule is Cc1cc(C(=O)NC2CCOC2)cc(S(N)(=O)=O)c1F. The van der Waals surface area contributed by atoms with Crippen LogP contribution in [-0.2, 0) is 14.8 Å². The summed E-state index contributed by atoms with van der Waals surface area (Å²) in [7, 11) is -4.22. The van der Waals surface area contributed by atoms with E-state index in [0.29, 0.717) is 19.6 Å². The Morgan fingerprint density at radius 3 is 2.75 bits per heavy atom. The molecule has 1 fully saturated rings. The summed E-state index contributed by atoms with van der Waals surface area (Å²) in [6.07, 6.45) is 0.688. The summed E-state index contributed by atoms with van der Waals surface area (Å²) in [5.74, 6) is -1.42. The summed E-state index contributed by atoms with van der Waals surface area (Å²) in [6.45, 7) is 2.35. The molecule has 0 aliphatic carbocycles. The van der Waals surface area contributed by atoms with Crippen molar-refractivity contribution in [3.8, 4) is 0 Å². The number of carbonyl (C=O) groups is 1. The van der Waals surface area contributed by atoms with Crippen molar-refractivity contribution >= 4 is 15.9 Å². The molecule has 1 atom stereocenters. The summed E-state index contributed by atoms with van der Waals surface area (Å²) >= 11 is 0. The number of aryl methyl sites for hydroxylation is 1. The van der Waals surface area contributed by atoms with Crippen molar-refractivity contribution < 1.29 is 22.3 Å². The van der Waals surface area contributed by atoms with Crippen molar-refractivity contribution in [1.29, 1.82) is 0 Å². The second-order valence-electron chi connectivity index (χ2n) is 4.68. The van der Waals surface area contributed by atoms with Gasteiger partial charge in [0.15, 0.2) is 0 Å². The van der Waals surface area contributed by atoms with Crippen LogP contribution in [0.2, 0.25) is 0 Å². The van der Waals surface area contributed by atoms with Crippen LogP contribution < -0.4 is 10.5 Å². The van der Waals surface area contributed by atoms with E-state index in [2.05, 4.69) is 5.32 Å². The number of hydrogen-bond donors (Lipinski definition) is 2. The van der Waals surface area contributed by atoms with E-state index in [1.54, 1.807) is 0 Å². The van der Waals surface area contributed by atoms with E-state index < -0.39 is 26.6 Å². The Labute approximate surface area is 116 Å². The maximum atomic E-state index is 13.7. The second kappa shape index (κ2) is 5.47. The lowest BCUT2D eigenvalue weighted by atomic mass is 10.1. The molecule has 1 aliphatic heterocycles. The number of nitrogens with one attached hydrogen (secondary N) is 1. The third-order valence-corrected chi connectivity index (χ3v) is 3.96. The van der Waals surface area contributed by atoms with E-state index in [-0.39, 0.29) is 17.2 Å². The first-order chi connectivity index (χ1) is 9.29. The zero-order chi connectivity index (χ0) is 14.9. The molecule has 0 radical (unpaired) electrons. The van der Waals surface area contributed by atoms with Crippen molar-refractivity contribution in [2.24, 2.45) is 5.14 Å². The van der Waals surface area contributed by atoms with Gasteiger partial charge in [-0.25, -0.2) is 17.9 Å². The fraction of sp³-hybridized carbons (Fsp3) is 0.417. The molecule has 1 aliphatic rings. The number of carbonyl (C=O) groups excluding carboxylic acids is 1. The maximum absolute atomic E-state index is 13.7. The Morgan fingerprint density at radius 1 is 1.50 bits per heavy atom. The molecule has 0 bridgehead atoms. The zero-order valence-electron chi connectivity index (χ0n) is 10.8. The van der Waals surface area contributed by atoms with Crippen LogP contribution in [0.25, 0.3) is 0 Å². The molecule has 1 saturated heterocycles. The highest BCUT2D eigenvalue weighted by atomic mass is 32.2. The molecule has 0 spiro atoms. The van der Waals surface area contributed by atoms with Crippen LogP contribution >= 0.6 is 0 Å². The van der Waals surface area contributed by atoms with Crippen LogP contribution in [0.1, 0.15) is 22.3 Å². The summed E-state index contributed by atoms with van der Waals surface area (Å²) in [5.41, 5.74) is 0.101. The first-order valence-electron chi connectivity index (χ1n) is 6.00. The van der Waals surface area contributed by atoms with Crippen molar-refractivity contribution in [3.05, 3.63) is 29.1 Å². The number of ether oxygens (including phenoxy) is 1. The van der Waals surface area contributed by atoms with Gasteiger partial charge in [-0.15, -0.1) is 0 Å². The van der Waals surface area contributed by atoms with Crippen LogP contribution in [0.5, 0.6) is 0 Å². The molecule has 0 aromatic heterocycles. The zero-order valence-corrected chi connectivity index (χ0v) is 11.7. The van der Waals surface area contributed by atoms with Crippen molar-refractivity contribution in [1.82, 2.24) is 5.32 Å². The summed E-state index contributed by atoms with van der Waals surface area (Å²) in [4.78, 5) is 11.3. The first-order valence-corrected chi connectivity index (χ1v) is 7.55. The number of nitrogens with two attached hydrogens (primary N) is 1. The number of sulfonamides is 1. The lowest BCUT2D eigenvalue weighted by molar-refractivity contribution is 0.0929. The molecule has 110 valence electrons. The number of primary sulfonamides is 1. The number of amides is 1. The van der Waals surface area contributed by atoms with E-state index in [1.807, 2.05) is 0 Å². The van der Waals surface area contributed by atoms with Crippen LogP contribution in [0.4, 0.5) is 4.39 Å². The highest BCUT2D eigenvalue weighted by Gasteiger charge is 2.22. The Hall–Kier alpha value is -1.51. The molecule has 3 N–H and O–H groups in total. The average molecular weight is 302 g/mol. The van der Waals surface area contributed by atoms with Gasteiger partial charge in [-0.3, -0.25) is 4.79 Å². The normalized spacial score (nSPS) is 19.1. The van der Waals surface area contributed by atoms with Gasteiger partial charge in [0, 0.05) is 12.2 Å². The third kappa shape index (κ3) is 3.14. The first kappa shape index (κ1) is 14.9. The Bertz CT molecular complexity index is 639. The number of rotatable bonds is 3. The Balaban J connectivity index is 2.32. The predicted octanol–water partition coefficient (Wildman–Crippen LogP) is 0.300. The average Bonchev–Trinajstić information content (AvgIpc) is 2.83. The van der Waals surface area contributed by atoms with E-state index in [1.165, 1.54) is 13.0 Å². The Morgan fingerprint density at radius 2 is 2.20 bits per heavy atom. The van der Waals surface area contributed by atoms with Crippen LogP contribution in [-0.4, -0.2) is 33.6 Å². The van der Waals surface area contributed by atoms with E-state index in [4.69, 9.17) is 9.88 Å². The smallest absolute Gasteiger partial charge is 0.251 e. The quantitative estimate of drug-likeness (QED) is 0.839. The van der Waals surface area contributed by atoms with Crippen LogP contribution in [0.15, 0.2) is 17.0 Å². The number of benzene rings is 1. The summed E-state index contributed by atoms with van der Waals surface area (Å²) in [6, 6.07) is 2.11. The lowest BCUT2D eigenvalue weighted by Crippen LogP contribution is -2.35. The molecule has 6 nitrogen and oxygen atoms in total. The lowest BCUT2D eigenvalue weighted by Gasteiger charge is -2.12. The van der Waals surface area contributed by atoms with Gasteiger partial charge >= 0.3 is 0 Å². The van der Waals surface area contributed by atoms with Gasteiger partial charge in [-0.2, -0.15) is 0 Å². The largest absolute Gasteiger partial charge is 0.379 e. The van der Waals surface area contributed by atoms with E-state index in [0.717, 1.165) is 6.07 Å². The van der Waals surface area contributed by atoms with Crippen molar-refractivity contribution in [2.45, 2.75) is 24.3 Å². The minimum atomic E-state index is -4.22. The monoisotopic (exact) mass is 302 g/mol. The fourth-order valence-electron chi connectivity index (χ4n) is 1.99. The van der Waals surface area contributed by atoms with Gasteiger partial charge in [0.2, 0.25) is 10.0 Å². The molecular weight excluding hydrogens is 287 g/mol. The minimum Gasteiger partial charge on any atom is -0.379 e.